The molecule has 0 saturated heterocycles. The second kappa shape index (κ2) is 3.36. The number of sulfone groups is 1. The Labute approximate surface area is 88.3 Å². The van der Waals surface area contributed by atoms with Gasteiger partial charge in [-0.1, -0.05) is 6.07 Å². The Hall–Kier alpha value is -1.33. The fourth-order valence-electron chi connectivity index (χ4n) is 1.70. The van der Waals surface area contributed by atoms with Gasteiger partial charge in [-0.25, -0.2) is 8.42 Å². The van der Waals surface area contributed by atoms with Crippen LogP contribution in [0.4, 0.5) is 5.69 Å². The first kappa shape index (κ1) is 10.2. The van der Waals surface area contributed by atoms with Crippen LogP contribution < -0.4 is 5.73 Å². The summed E-state index contributed by atoms with van der Waals surface area (Å²) in [7, 11) is -1.80. The van der Waals surface area contributed by atoms with E-state index in [0.717, 1.165) is 0 Å². The quantitative estimate of drug-likeness (QED) is 0.763. The first-order valence-corrected chi connectivity index (χ1v) is 5.94. The van der Waals surface area contributed by atoms with E-state index in [-0.39, 0.29) is 11.5 Å². The highest BCUT2D eigenvalue weighted by molar-refractivity contribution is 7.95. The van der Waals surface area contributed by atoms with Gasteiger partial charge in [0, 0.05) is 23.8 Å². The summed E-state index contributed by atoms with van der Waals surface area (Å²) >= 11 is 0. The predicted molar refractivity (Wildman–Crippen MR) is 57.9 cm³/mol. The number of methoxy groups -OCH3 is 1. The molecule has 1 aliphatic heterocycles. The van der Waals surface area contributed by atoms with Gasteiger partial charge in [0.15, 0.2) is 0 Å². The average molecular weight is 225 g/mol. The van der Waals surface area contributed by atoms with Gasteiger partial charge in [0.2, 0.25) is 9.84 Å². The lowest BCUT2D eigenvalue weighted by Gasteiger charge is -2.06. The van der Waals surface area contributed by atoms with Crippen LogP contribution in [0.3, 0.4) is 0 Å². The Kier molecular flexibility index (Phi) is 2.28. The van der Waals surface area contributed by atoms with Crippen molar-refractivity contribution in [3.05, 3.63) is 29.2 Å². The predicted octanol–water partition coefficient (Wildman–Crippen LogP) is 1.04. The third-order valence-corrected chi connectivity index (χ3v) is 3.83. The maximum absolute atomic E-state index is 11.7. The maximum atomic E-state index is 11.7. The monoisotopic (exact) mass is 225 g/mol. The van der Waals surface area contributed by atoms with Gasteiger partial charge in [-0.15, -0.1) is 0 Å². The van der Waals surface area contributed by atoms with E-state index < -0.39 is 9.84 Å². The number of hydrogen-bond acceptors (Lipinski definition) is 4. The van der Waals surface area contributed by atoms with E-state index in [1.807, 2.05) is 0 Å². The molecule has 0 amide bonds. The molecule has 15 heavy (non-hydrogen) atoms. The Morgan fingerprint density at radius 3 is 2.80 bits per heavy atom. The topological polar surface area (TPSA) is 69.4 Å². The molecule has 0 saturated carbocycles. The molecule has 80 valence electrons. The molecule has 0 aromatic heterocycles. The van der Waals surface area contributed by atoms with Crippen molar-refractivity contribution in [2.75, 3.05) is 19.5 Å². The summed E-state index contributed by atoms with van der Waals surface area (Å²) in [4.78, 5) is 0.273. The minimum absolute atomic E-state index is 0.250. The molecule has 1 heterocycles. The van der Waals surface area contributed by atoms with Gasteiger partial charge >= 0.3 is 0 Å². The van der Waals surface area contributed by atoms with Gasteiger partial charge in [0.05, 0.1) is 11.5 Å². The standard InChI is InChI=1S/C10H11NO3S/c1-14-5-7-6-15(12,13)9-4-2-3-8(11)10(7)9/h2-4,6H,5,11H2,1H3. The molecule has 2 N–H and O–H groups in total. The molecular weight excluding hydrogens is 214 g/mol. The summed E-state index contributed by atoms with van der Waals surface area (Å²) in [5, 5.41) is 1.22. The lowest BCUT2D eigenvalue weighted by atomic mass is 10.1. The smallest absolute Gasteiger partial charge is 0.200 e. The van der Waals surface area contributed by atoms with Gasteiger partial charge in [-0.2, -0.15) is 0 Å². The van der Waals surface area contributed by atoms with Gasteiger partial charge in [-0.05, 0) is 17.7 Å². The third-order valence-electron chi connectivity index (χ3n) is 2.28. The molecule has 0 fully saturated rings. The summed E-state index contributed by atoms with van der Waals surface area (Å²) in [5.41, 5.74) is 7.42. The minimum Gasteiger partial charge on any atom is -0.398 e. The van der Waals surface area contributed by atoms with Crippen molar-refractivity contribution in [2.24, 2.45) is 0 Å². The summed E-state index contributed by atoms with van der Waals surface area (Å²) in [6, 6.07) is 4.87. The lowest BCUT2D eigenvalue weighted by molar-refractivity contribution is 0.240. The Morgan fingerprint density at radius 2 is 2.13 bits per heavy atom. The van der Waals surface area contributed by atoms with Gasteiger partial charge in [-0.3, -0.25) is 0 Å². The Bertz CT molecular complexity index is 532. The first-order valence-electron chi connectivity index (χ1n) is 4.40. The van der Waals surface area contributed by atoms with Crippen LogP contribution in [0, 0.1) is 0 Å². The number of anilines is 1. The molecule has 0 atom stereocenters. The van der Waals surface area contributed by atoms with Gasteiger partial charge < -0.3 is 10.5 Å². The van der Waals surface area contributed by atoms with E-state index in [1.165, 1.54) is 12.5 Å². The van der Waals surface area contributed by atoms with Crippen LogP contribution in [0.1, 0.15) is 5.56 Å². The normalized spacial score (nSPS) is 17.3. The van der Waals surface area contributed by atoms with Crippen molar-refractivity contribution >= 4 is 21.1 Å². The molecule has 1 aromatic carbocycles. The fraction of sp³-hybridized carbons (Fsp3) is 0.200. The van der Waals surface area contributed by atoms with Crippen molar-refractivity contribution in [2.45, 2.75) is 4.90 Å². The highest BCUT2D eigenvalue weighted by Crippen LogP contribution is 2.36. The molecule has 1 aromatic rings. The van der Waals surface area contributed by atoms with E-state index in [2.05, 4.69) is 0 Å². The van der Waals surface area contributed by atoms with Crippen molar-refractivity contribution < 1.29 is 13.2 Å². The van der Waals surface area contributed by atoms with Crippen LogP contribution in [0.5, 0.6) is 0 Å². The minimum atomic E-state index is -3.32. The number of nitrogen functional groups attached to an aromatic ring is 1. The SMILES string of the molecule is COCC1=CS(=O)(=O)c2cccc(N)c21. The molecule has 1 aliphatic rings. The highest BCUT2D eigenvalue weighted by Gasteiger charge is 2.28. The zero-order valence-corrected chi connectivity index (χ0v) is 9.04. The third kappa shape index (κ3) is 1.53. The number of nitrogens with two attached hydrogens (primary N) is 1. The highest BCUT2D eigenvalue weighted by atomic mass is 32.2. The van der Waals surface area contributed by atoms with Crippen LogP contribution >= 0.6 is 0 Å². The number of hydrogen-bond donors (Lipinski definition) is 1. The number of rotatable bonds is 2. The summed E-state index contributed by atoms with van der Waals surface area (Å²) in [5.74, 6) is 0. The van der Waals surface area contributed by atoms with Crippen molar-refractivity contribution in [1.82, 2.24) is 0 Å². The Balaban J connectivity index is 2.69. The molecule has 0 spiro atoms. The fourth-order valence-corrected chi connectivity index (χ4v) is 3.19. The molecule has 0 aliphatic carbocycles. The number of benzene rings is 1. The van der Waals surface area contributed by atoms with Crippen molar-refractivity contribution in [3.8, 4) is 0 Å². The van der Waals surface area contributed by atoms with Crippen LogP contribution in [-0.2, 0) is 14.6 Å². The second-order valence-corrected chi connectivity index (χ2v) is 5.11. The van der Waals surface area contributed by atoms with Crippen LogP contribution in [0.25, 0.3) is 5.57 Å². The van der Waals surface area contributed by atoms with Gasteiger partial charge in [0.25, 0.3) is 0 Å². The van der Waals surface area contributed by atoms with Crippen molar-refractivity contribution in [3.63, 3.8) is 0 Å². The van der Waals surface area contributed by atoms with Gasteiger partial charge in [0.1, 0.15) is 0 Å². The second-order valence-electron chi connectivity index (χ2n) is 3.34. The molecular formula is C10H11NO3S. The lowest BCUT2D eigenvalue weighted by Crippen LogP contribution is -1.99. The van der Waals surface area contributed by atoms with E-state index in [0.29, 0.717) is 16.8 Å². The van der Waals surface area contributed by atoms with E-state index in [9.17, 15) is 8.42 Å². The molecule has 4 nitrogen and oxygen atoms in total. The maximum Gasteiger partial charge on any atom is 0.200 e. The zero-order valence-electron chi connectivity index (χ0n) is 8.23. The molecule has 0 bridgehead atoms. The molecule has 0 unspecified atom stereocenters. The largest absolute Gasteiger partial charge is 0.398 e. The molecule has 5 heteroatoms. The average Bonchev–Trinajstić information content (AvgIpc) is 2.41. The van der Waals surface area contributed by atoms with E-state index in [1.54, 1.807) is 18.2 Å². The van der Waals surface area contributed by atoms with Crippen molar-refractivity contribution in [1.29, 1.82) is 0 Å². The number of fused-ring (bicyclic) bond motifs is 1. The Morgan fingerprint density at radius 1 is 1.40 bits per heavy atom. The molecule has 2 rings (SSSR count). The molecule has 0 radical (unpaired) electrons. The summed E-state index contributed by atoms with van der Waals surface area (Å²) in [6.07, 6.45) is 0. The first-order chi connectivity index (χ1) is 7.06. The van der Waals surface area contributed by atoms with E-state index >= 15 is 0 Å². The van der Waals surface area contributed by atoms with Crippen LogP contribution in [0.15, 0.2) is 28.5 Å². The summed E-state index contributed by atoms with van der Waals surface area (Å²) in [6.45, 7) is 0.250. The van der Waals surface area contributed by atoms with Crippen LogP contribution in [0.2, 0.25) is 0 Å². The van der Waals surface area contributed by atoms with Crippen LogP contribution in [-0.4, -0.2) is 22.1 Å². The zero-order chi connectivity index (χ0) is 11.1. The van der Waals surface area contributed by atoms with E-state index in [4.69, 9.17) is 10.5 Å². The summed E-state index contributed by atoms with van der Waals surface area (Å²) < 4.78 is 28.3. The number of ether oxygens (including phenoxy) is 1.